The van der Waals surface area contributed by atoms with E-state index in [4.69, 9.17) is 14.6 Å². The van der Waals surface area contributed by atoms with Gasteiger partial charge in [0.2, 0.25) is 0 Å². The number of hydrogen-bond donors (Lipinski definition) is 2. The van der Waals surface area contributed by atoms with Crippen LogP contribution in [0.15, 0.2) is 18.2 Å². The van der Waals surface area contributed by atoms with E-state index in [0.717, 1.165) is 25.9 Å². The van der Waals surface area contributed by atoms with Crippen molar-refractivity contribution in [3.63, 3.8) is 0 Å². The smallest absolute Gasteiger partial charge is 0.341 e. The van der Waals surface area contributed by atoms with Crippen LogP contribution in [0.2, 0.25) is 0 Å². The van der Waals surface area contributed by atoms with Gasteiger partial charge in [-0.25, -0.2) is 4.79 Å². The fourth-order valence-electron chi connectivity index (χ4n) is 3.14. The molecule has 1 aromatic rings. The number of nitrogens with zero attached hydrogens (tertiary/aromatic N) is 1. The van der Waals surface area contributed by atoms with Crippen LogP contribution >= 0.6 is 0 Å². The number of hydrogen-bond acceptors (Lipinski definition) is 5. The summed E-state index contributed by atoms with van der Waals surface area (Å²) >= 11 is 0. The molecule has 150 valence electrons. The number of ether oxygens (including phenoxy) is 2. The summed E-state index contributed by atoms with van der Waals surface area (Å²) in [7, 11) is 0. The Morgan fingerprint density at radius 3 is 2.41 bits per heavy atom. The first-order valence-electron chi connectivity index (χ1n) is 9.38. The Morgan fingerprint density at radius 2 is 1.85 bits per heavy atom. The van der Waals surface area contributed by atoms with Gasteiger partial charge in [-0.05, 0) is 58.7 Å². The molecule has 27 heavy (non-hydrogen) atoms. The molecular formula is C20H30N2O5. The van der Waals surface area contributed by atoms with E-state index in [0.29, 0.717) is 23.7 Å². The molecule has 0 aliphatic carbocycles. The Bertz CT molecular complexity index is 661. The Labute approximate surface area is 160 Å². The Kier molecular flexibility index (Phi) is 7.07. The molecule has 1 saturated heterocycles. The van der Waals surface area contributed by atoms with E-state index in [1.807, 2.05) is 6.92 Å². The lowest BCUT2D eigenvalue weighted by Gasteiger charge is -2.41. The number of carboxylic acid groups (broad SMARTS) is 1. The Morgan fingerprint density at radius 1 is 1.19 bits per heavy atom. The van der Waals surface area contributed by atoms with Gasteiger partial charge >= 0.3 is 5.97 Å². The number of carbonyl (C=O) groups excluding carboxylic acids is 1. The minimum atomic E-state index is -1.07. The molecule has 1 aliphatic rings. The highest BCUT2D eigenvalue weighted by atomic mass is 16.5. The number of benzene rings is 1. The molecule has 2 N–H and O–H groups in total. The molecular weight excluding hydrogens is 348 g/mol. The van der Waals surface area contributed by atoms with Crippen LogP contribution in [0.25, 0.3) is 0 Å². The van der Waals surface area contributed by atoms with E-state index in [1.54, 1.807) is 18.2 Å². The summed E-state index contributed by atoms with van der Waals surface area (Å²) in [4.78, 5) is 25.7. The number of carboxylic acids is 1. The maximum Gasteiger partial charge on any atom is 0.341 e. The second-order valence-electron chi connectivity index (χ2n) is 7.68. The van der Waals surface area contributed by atoms with Gasteiger partial charge in [0.1, 0.15) is 0 Å². The lowest BCUT2D eigenvalue weighted by Crippen LogP contribution is -2.50. The number of rotatable bonds is 7. The average molecular weight is 378 g/mol. The van der Waals surface area contributed by atoms with Crippen LogP contribution in [0.3, 0.4) is 0 Å². The van der Waals surface area contributed by atoms with Crippen molar-refractivity contribution < 1.29 is 24.2 Å². The van der Waals surface area contributed by atoms with Gasteiger partial charge in [-0.3, -0.25) is 9.69 Å². The van der Waals surface area contributed by atoms with E-state index in [1.165, 1.54) is 0 Å². The van der Waals surface area contributed by atoms with E-state index < -0.39 is 12.6 Å². The standard InChI is InChI=1S/C20H30N2O5/c1-5-26-17-12-14(6-7-16(17)27-13-18(23)24)19(25)21-15-8-10-22(11-9-15)20(2,3)4/h6-7,12,15H,5,8-11,13H2,1-4H3,(H,21,25)(H,23,24). The third kappa shape index (κ3) is 6.13. The number of likely N-dealkylation sites (tertiary alicyclic amines) is 1. The molecule has 0 unspecified atom stereocenters. The third-order valence-electron chi connectivity index (χ3n) is 4.64. The topological polar surface area (TPSA) is 88.1 Å². The van der Waals surface area contributed by atoms with Gasteiger partial charge < -0.3 is 19.9 Å². The quantitative estimate of drug-likeness (QED) is 0.758. The van der Waals surface area contributed by atoms with Crippen molar-refractivity contribution in [2.75, 3.05) is 26.3 Å². The highest BCUT2D eigenvalue weighted by Gasteiger charge is 2.27. The third-order valence-corrected chi connectivity index (χ3v) is 4.64. The summed E-state index contributed by atoms with van der Waals surface area (Å²) in [6.07, 6.45) is 1.84. The Hall–Kier alpha value is -2.28. The van der Waals surface area contributed by atoms with Gasteiger partial charge in [0, 0.05) is 30.2 Å². The van der Waals surface area contributed by atoms with Crippen LogP contribution in [-0.2, 0) is 4.79 Å². The highest BCUT2D eigenvalue weighted by molar-refractivity contribution is 5.95. The summed E-state index contributed by atoms with van der Waals surface area (Å²) in [6.45, 7) is 10.3. The molecule has 1 fully saturated rings. The lowest BCUT2D eigenvalue weighted by atomic mass is 9.98. The lowest BCUT2D eigenvalue weighted by molar-refractivity contribution is -0.139. The largest absolute Gasteiger partial charge is 0.490 e. The summed E-state index contributed by atoms with van der Waals surface area (Å²) in [5.74, 6) is -0.543. The maximum absolute atomic E-state index is 12.6. The maximum atomic E-state index is 12.6. The second-order valence-corrected chi connectivity index (χ2v) is 7.68. The van der Waals surface area contributed by atoms with E-state index in [2.05, 4.69) is 31.0 Å². The first kappa shape index (κ1) is 21.0. The number of nitrogens with one attached hydrogen (secondary N) is 1. The van der Waals surface area contributed by atoms with Crippen molar-refractivity contribution in [2.45, 2.75) is 52.1 Å². The molecule has 0 atom stereocenters. The molecule has 1 aliphatic heterocycles. The molecule has 7 nitrogen and oxygen atoms in total. The molecule has 0 saturated carbocycles. The van der Waals surface area contributed by atoms with Crippen molar-refractivity contribution in [1.82, 2.24) is 10.2 Å². The van der Waals surface area contributed by atoms with Gasteiger partial charge in [0.25, 0.3) is 5.91 Å². The molecule has 2 rings (SSSR count). The molecule has 1 amide bonds. The minimum absolute atomic E-state index is 0.146. The SMILES string of the molecule is CCOc1cc(C(=O)NC2CCN(C(C)(C)C)CC2)ccc1OCC(=O)O. The van der Waals surface area contributed by atoms with E-state index in [9.17, 15) is 9.59 Å². The van der Waals surface area contributed by atoms with Crippen molar-refractivity contribution in [2.24, 2.45) is 0 Å². The minimum Gasteiger partial charge on any atom is -0.490 e. The molecule has 0 spiro atoms. The molecule has 0 radical (unpaired) electrons. The molecule has 7 heteroatoms. The van der Waals surface area contributed by atoms with Crippen LogP contribution in [0.4, 0.5) is 0 Å². The van der Waals surface area contributed by atoms with Crippen LogP contribution in [-0.4, -0.2) is 59.8 Å². The van der Waals surface area contributed by atoms with Crippen molar-refractivity contribution in [1.29, 1.82) is 0 Å². The molecule has 1 heterocycles. The van der Waals surface area contributed by atoms with Crippen LogP contribution in [0, 0.1) is 0 Å². The van der Waals surface area contributed by atoms with Gasteiger partial charge in [-0.1, -0.05) is 0 Å². The van der Waals surface area contributed by atoms with Crippen molar-refractivity contribution in [3.05, 3.63) is 23.8 Å². The van der Waals surface area contributed by atoms with Crippen molar-refractivity contribution >= 4 is 11.9 Å². The summed E-state index contributed by atoms with van der Waals surface area (Å²) in [5.41, 5.74) is 0.618. The number of aliphatic carboxylic acids is 1. The first-order valence-corrected chi connectivity index (χ1v) is 9.38. The van der Waals surface area contributed by atoms with Crippen LogP contribution < -0.4 is 14.8 Å². The Balaban J connectivity index is 1.99. The fraction of sp³-hybridized carbons (Fsp3) is 0.600. The van der Waals surface area contributed by atoms with Gasteiger partial charge in [-0.2, -0.15) is 0 Å². The predicted molar refractivity (Wildman–Crippen MR) is 103 cm³/mol. The normalized spacial score (nSPS) is 16.0. The summed E-state index contributed by atoms with van der Waals surface area (Å²) < 4.78 is 10.7. The monoisotopic (exact) mass is 378 g/mol. The molecule has 0 bridgehead atoms. The highest BCUT2D eigenvalue weighted by Crippen LogP contribution is 2.29. The van der Waals surface area contributed by atoms with E-state index in [-0.39, 0.29) is 17.5 Å². The molecule has 1 aromatic carbocycles. The van der Waals surface area contributed by atoms with Gasteiger partial charge in [0.15, 0.2) is 18.1 Å². The number of amides is 1. The number of carbonyl (C=O) groups is 2. The average Bonchev–Trinajstić information content (AvgIpc) is 2.60. The van der Waals surface area contributed by atoms with Crippen LogP contribution in [0.1, 0.15) is 50.9 Å². The van der Waals surface area contributed by atoms with Gasteiger partial charge in [0.05, 0.1) is 6.61 Å². The predicted octanol–water partition coefficient (Wildman–Crippen LogP) is 2.54. The number of piperidine rings is 1. The van der Waals surface area contributed by atoms with Crippen LogP contribution in [0.5, 0.6) is 11.5 Å². The zero-order chi connectivity index (χ0) is 20.0. The summed E-state index contributed by atoms with van der Waals surface area (Å²) in [6, 6.07) is 4.94. The van der Waals surface area contributed by atoms with Crippen molar-refractivity contribution in [3.8, 4) is 11.5 Å². The second kappa shape index (κ2) is 9.08. The fourth-order valence-corrected chi connectivity index (χ4v) is 3.14. The zero-order valence-corrected chi connectivity index (χ0v) is 16.6. The summed E-state index contributed by atoms with van der Waals surface area (Å²) in [5, 5.41) is 11.8. The van der Waals surface area contributed by atoms with E-state index >= 15 is 0 Å². The van der Waals surface area contributed by atoms with Gasteiger partial charge in [-0.15, -0.1) is 0 Å². The first-order chi connectivity index (χ1) is 12.7. The molecule has 0 aromatic heterocycles. The zero-order valence-electron chi connectivity index (χ0n) is 16.6.